The number of fused-ring (bicyclic) bond motifs is 5. The van der Waals surface area contributed by atoms with Crippen molar-refractivity contribution in [3.05, 3.63) is 167 Å². The molecule has 0 saturated heterocycles. The predicted octanol–water partition coefficient (Wildman–Crippen LogP) is 11.0. The summed E-state index contributed by atoms with van der Waals surface area (Å²) in [4.78, 5) is 2.40. The van der Waals surface area contributed by atoms with Gasteiger partial charge in [0, 0.05) is 28.4 Å². The highest BCUT2D eigenvalue weighted by molar-refractivity contribution is 5.97. The lowest BCUT2D eigenvalue weighted by Gasteiger charge is -2.29. The van der Waals surface area contributed by atoms with Gasteiger partial charge in [0.25, 0.3) is 0 Å². The Bertz CT molecular complexity index is 1970. The van der Waals surface area contributed by atoms with E-state index in [1.807, 2.05) is 0 Å². The molecule has 0 aromatic heterocycles. The third-order valence-corrected chi connectivity index (χ3v) is 9.47. The SMILES string of the molecule is CC1(C)C2=Cc3ccccc3CC2c2ccc(N(c3ccccc3)c3ccc(-c4cccc5ccccc45)cc3)cc21. The molecule has 1 nitrogen and oxygen atoms in total. The first kappa shape index (κ1) is 24.9. The number of anilines is 3. The van der Waals surface area contributed by atoms with Gasteiger partial charge in [-0.25, -0.2) is 0 Å². The standard InChI is InChI=1S/C41H33N/c1-41(2)39-26-31-13-7-6-12-30(31)25-38(39)37-24-23-34(27-40(37)41)42(32-15-4-3-5-16-32)33-21-19-29(20-22-33)36-18-10-14-28-11-8-9-17-35(28)36/h3-24,26-27,38H,25H2,1-2H3. The number of allylic oxidation sites excluding steroid dienone is 1. The fraction of sp³-hybridized carbons (Fsp3) is 0.122. The minimum absolute atomic E-state index is 0.0237. The van der Waals surface area contributed by atoms with Crippen LogP contribution in [-0.2, 0) is 11.8 Å². The maximum Gasteiger partial charge on any atom is 0.0464 e. The predicted molar refractivity (Wildman–Crippen MR) is 178 cm³/mol. The lowest BCUT2D eigenvalue weighted by atomic mass is 9.75. The fourth-order valence-electron chi connectivity index (χ4n) is 7.33. The Kier molecular flexibility index (Phi) is 5.69. The molecule has 6 aromatic carbocycles. The highest BCUT2D eigenvalue weighted by atomic mass is 15.1. The molecule has 0 amide bonds. The topological polar surface area (TPSA) is 3.24 Å². The summed E-state index contributed by atoms with van der Waals surface area (Å²) in [6, 6.07) is 51.1. The van der Waals surface area contributed by atoms with Crippen LogP contribution >= 0.6 is 0 Å². The van der Waals surface area contributed by atoms with Gasteiger partial charge in [0.1, 0.15) is 0 Å². The molecule has 6 aromatic rings. The maximum absolute atomic E-state index is 2.46. The zero-order valence-corrected chi connectivity index (χ0v) is 24.1. The second-order valence-corrected chi connectivity index (χ2v) is 12.2. The molecule has 1 atom stereocenters. The molecule has 2 aliphatic carbocycles. The van der Waals surface area contributed by atoms with Crippen molar-refractivity contribution in [3.8, 4) is 11.1 Å². The maximum atomic E-state index is 2.46. The van der Waals surface area contributed by atoms with Crippen LogP contribution in [0.1, 0.15) is 42.0 Å². The summed E-state index contributed by atoms with van der Waals surface area (Å²) in [5.74, 6) is 0.448. The lowest BCUT2D eigenvalue weighted by Crippen LogP contribution is -2.19. The van der Waals surface area contributed by atoms with Crippen molar-refractivity contribution in [2.75, 3.05) is 4.90 Å². The molecule has 0 aliphatic heterocycles. The molecule has 0 fully saturated rings. The average Bonchev–Trinajstić information content (AvgIpc) is 3.26. The van der Waals surface area contributed by atoms with Crippen molar-refractivity contribution < 1.29 is 0 Å². The van der Waals surface area contributed by atoms with Gasteiger partial charge in [-0.3, -0.25) is 0 Å². The summed E-state index contributed by atoms with van der Waals surface area (Å²) in [6.45, 7) is 4.81. The third kappa shape index (κ3) is 3.92. The molecule has 0 N–H and O–H groups in total. The van der Waals surface area contributed by atoms with Gasteiger partial charge in [-0.2, -0.15) is 0 Å². The molecule has 1 heteroatoms. The van der Waals surface area contributed by atoms with E-state index in [2.05, 4.69) is 164 Å². The fourth-order valence-corrected chi connectivity index (χ4v) is 7.33. The van der Waals surface area contributed by atoms with E-state index in [-0.39, 0.29) is 5.41 Å². The van der Waals surface area contributed by atoms with E-state index in [1.165, 1.54) is 49.8 Å². The number of para-hydroxylation sites is 1. The van der Waals surface area contributed by atoms with Crippen molar-refractivity contribution in [1.82, 2.24) is 0 Å². The van der Waals surface area contributed by atoms with Gasteiger partial charge in [-0.1, -0.05) is 129 Å². The van der Waals surface area contributed by atoms with E-state index in [9.17, 15) is 0 Å². The van der Waals surface area contributed by atoms with Crippen molar-refractivity contribution >= 4 is 33.9 Å². The third-order valence-electron chi connectivity index (χ3n) is 9.47. The Morgan fingerprint density at radius 1 is 0.619 bits per heavy atom. The van der Waals surface area contributed by atoms with E-state index in [1.54, 1.807) is 5.57 Å². The molecular formula is C41H33N. The second-order valence-electron chi connectivity index (χ2n) is 12.2. The minimum Gasteiger partial charge on any atom is -0.310 e. The molecule has 202 valence electrons. The highest BCUT2D eigenvalue weighted by Gasteiger charge is 2.43. The number of hydrogen-bond donors (Lipinski definition) is 0. The molecule has 2 aliphatic rings. The molecule has 0 bridgehead atoms. The Labute approximate surface area is 248 Å². The van der Waals surface area contributed by atoms with E-state index in [4.69, 9.17) is 0 Å². The molecule has 0 saturated carbocycles. The van der Waals surface area contributed by atoms with Gasteiger partial charge in [-0.15, -0.1) is 0 Å². The molecule has 0 radical (unpaired) electrons. The minimum atomic E-state index is -0.0237. The first-order valence-electron chi connectivity index (χ1n) is 15.0. The van der Waals surface area contributed by atoms with Gasteiger partial charge in [0.2, 0.25) is 0 Å². The van der Waals surface area contributed by atoms with E-state index in [0.717, 1.165) is 17.8 Å². The lowest BCUT2D eigenvalue weighted by molar-refractivity contribution is 0.614. The van der Waals surface area contributed by atoms with Crippen LogP contribution in [-0.4, -0.2) is 0 Å². The molecular weight excluding hydrogens is 506 g/mol. The molecule has 0 spiro atoms. The van der Waals surface area contributed by atoms with Crippen LogP contribution in [0.4, 0.5) is 17.1 Å². The van der Waals surface area contributed by atoms with Crippen LogP contribution in [0.2, 0.25) is 0 Å². The van der Waals surface area contributed by atoms with Crippen molar-refractivity contribution in [2.45, 2.75) is 31.6 Å². The number of rotatable bonds is 4. The van der Waals surface area contributed by atoms with Gasteiger partial charge in [0.15, 0.2) is 0 Å². The summed E-state index contributed by atoms with van der Waals surface area (Å²) < 4.78 is 0. The monoisotopic (exact) mass is 539 g/mol. The van der Waals surface area contributed by atoms with Crippen molar-refractivity contribution in [2.24, 2.45) is 0 Å². The average molecular weight is 540 g/mol. The summed E-state index contributed by atoms with van der Waals surface area (Å²) >= 11 is 0. The Morgan fingerprint density at radius 2 is 1.31 bits per heavy atom. The Morgan fingerprint density at radius 3 is 2.17 bits per heavy atom. The van der Waals surface area contributed by atoms with Gasteiger partial charge in [-0.05, 0) is 87.0 Å². The van der Waals surface area contributed by atoms with E-state index < -0.39 is 0 Å². The largest absolute Gasteiger partial charge is 0.310 e. The molecule has 8 rings (SSSR count). The summed E-state index contributed by atoms with van der Waals surface area (Å²) in [6.07, 6.45) is 3.54. The zero-order valence-electron chi connectivity index (χ0n) is 24.1. The summed E-state index contributed by atoms with van der Waals surface area (Å²) in [5, 5.41) is 2.55. The van der Waals surface area contributed by atoms with Crippen LogP contribution in [0, 0.1) is 0 Å². The van der Waals surface area contributed by atoms with Crippen LogP contribution in [0.25, 0.3) is 28.0 Å². The first-order chi connectivity index (χ1) is 20.6. The van der Waals surface area contributed by atoms with Crippen molar-refractivity contribution in [3.63, 3.8) is 0 Å². The first-order valence-corrected chi connectivity index (χ1v) is 15.0. The summed E-state index contributed by atoms with van der Waals surface area (Å²) in [5.41, 5.74) is 13.3. The van der Waals surface area contributed by atoms with E-state index >= 15 is 0 Å². The van der Waals surface area contributed by atoms with E-state index in [0.29, 0.717) is 5.92 Å². The smallest absolute Gasteiger partial charge is 0.0464 e. The highest BCUT2D eigenvalue weighted by Crippen LogP contribution is 2.55. The second kappa shape index (κ2) is 9.60. The van der Waals surface area contributed by atoms with Crippen LogP contribution in [0.3, 0.4) is 0 Å². The van der Waals surface area contributed by atoms with Crippen molar-refractivity contribution in [1.29, 1.82) is 0 Å². The Hall–Kier alpha value is -4.88. The number of benzene rings is 6. The van der Waals surface area contributed by atoms with Gasteiger partial charge < -0.3 is 4.90 Å². The normalized spacial score (nSPS) is 16.3. The van der Waals surface area contributed by atoms with Crippen LogP contribution in [0.5, 0.6) is 0 Å². The molecule has 1 unspecified atom stereocenters. The van der Waals surface area contributed by atoms with Crippen LogP contribution < -0.4 is 4.90 Å². The molecule has 42 heavy (non-hydrogen) atoms. The number of nitrogens with zero attached hydrogens (tertiary/aromatic N) is 1. The molecule has 0 heterocycles. The summed E-state index contributed by atoms with van der Waals surface area (Å²) in [7, 11) is 0. The van der Waals surface area contributed by atoms with Crippen LogP contribution in [0.15, 0.2) is 145 Å². The van der Waals surface area contributed by atoms with Gasteiger partial charge in [0.05, 0.1) is 0 Å². The quantitative estimate of drug-likeness (QED) is 0.215. The Balaban J connectivity index is 1.22. The zero-order chi connectivity index (χ0) is 28.3. The number of hydrogen-bond acceptors (Lipinski definition) is 1. The van der Waals surface area contributed by atoms with Gasteiger partial charge >= 0.3 is 0 Å².